The number of carbonyl (C=O) groups is 1. The van der Waals surface area contributed by atoms with Crippen molar-refractivity contribution in [2.45, 2.75) is 6.92 Å². The Balaban J connectivity index is 2.45. The molecule has 0 aliphatic carbocycles. The van der Waals surface area contributed by atoms with Crippen LogP contribution in [-0.2, 0) is 4.74 Å². The highest BCUT2D eigenvalue weighted by Crippen LogP contribution is 2.32. The Morgan fingerprint density at radius 1 is 1.39 bits per heavy atom. The van der Waals surface area contributed by atoms with Crippen LogP contribution in [0.4, 0.5) is 0 Å². The molecule has 18 heavy (non-hydrogen) atoms. The van der Waals surface area contributed by atoms with Gasteiger partial charge in [0.2, 0.25) is 0 Å². The van der Waals surface area contributed by atoms with Gasteiger partial charge in [-0.25, -0.2) is 4.79 Å². The summed E-state index contributed by atoms with van der Waals surface area (Å²) in [4.78, 5) is 12.2. The molecule has 0 saturated carbocycles. The van der Waals surface area contributed by atoms with E-state index in [0.717, 1.165) is 17.1 Å². The molecule has 0 aliphatic heterocycles. The summed E-state index contributed by atoms with van der Waals surface area (Å²) in [7, 11) is 1.57. The molecule has 0 N–H and O–H groups in total. The highest BCUT2D eigenvalue weighted by molar-refractivity contribution is 7.08. The summed E-state index contributed by atoms with van der Waals surface area (Å²) in [6, 6.07) is 7.35. The van der Waals surface area contributed by atoms with Crippen molar-refractivity contribution in [2.24, 2.45) is 0 Å². The van der Waals surface area contributed by atoms with E-state index in [0.29, 0.717) is 22.9 Å². The van der Waals surface area contributed by atoms with Crippen molar-refractivity contribution in [2.75, 3.05) is 13.7 Å². The van der Waals surface area contributed by atoms with Crippen molar-refractivity contribution < 1.29 is 14.3 Å². The van der Waals surface area contributed by atoms with Crippen LogP contribution < -0.4 is 4.74 Å². The average molecular weight is 264 g/mol. The second-order valence-electron chi connectivity index (χ2n) is 3.37. The predicted octanol–water partition coefficient (Wildman–Crippen LogP) is 2.39. The van der Waals surface area contributed by atoms with E-state index in [-0.39, 0.29) is 0 Å². The van der Waals surface area contributed by atoms with Gasteiger partial charge < -0.3 is 9.47 Å². The highest BCUT2D eigenvalue weighted by Gasteiger charge is 2.20. The van der Waals surface area contributed by atoms with Crippen LogP contribution in [0.25, 0.3) is 11.3 Å². The summed E-state index contributed by atoms with van der Waals surface area (Å²) in [5.74, 6) is 0.240. The summed E-state index contributed by atoms with van der Waals surface area (Å²) in [5.41, 5.74) is 1.23. The summed E-state index contributed by atoms with van der Waals surface area (Å²) in [6.45, 7) is 2.08. The molecular formula is C12H12N2O3S. The molecule has 6 heteroatoms. The van der Waals surface area contributed by atoms with Crippen LogP contribution in [0.2, 0.25) is 0 Å². The van der Waals surface area contributed by atoms with E-state index in [1.54, 1.807) is 14.0 Å². The van der Waals surface area contributed by atoms with Crippen molar-refractivity contribution >= 4 is 17.5 Å². The van der Waals surface area contributed by atoms with E-state index >= 15 is 0 Å². The first-order valence-corrected chi connectivity index (χ1v) is 6.18. The molecule has 0 unspecified atom stereocenters. The standard InChI is InChI=1S/C12H12N2O3S/c1-3-17-12(15)11-10(13-14-18-11)8-6-4-5-7-9(8)16-2/h4-7H,3H2,1-2H3. The van der Waals surface area contributed by atoms with Gasteiger partial charge >= 0.3 is 5.97 Å². The summed E-state index contributed by atoms with van der Waals surface area (Å²) in [5, 5.41) is 3.99. The molecule has 1 aromatic heterocycles. The second-order valence-corrected chi connectivity index (χ2v) is 4.13. The normalized spacial score (nSPS) is 10.1. The van der Waals surface area contributed by atoms with Gasteiger partial charge in [0.05, 0.1) is 13.7 Å². The fourth-order valence-electron chi connectivity index (χ4n) is 1.54. The van der Waals surface area contributed by atoms with Crippen LogP contribution in [0.1, 0.15) is 16.6 Å². The third kappa shape index (κ3) is 2.33. The van der Waals surface area contributed by atoms with Crippen LogP contribution >= 0.6 is 11.5 Å². The lowest BCUT2D eigenvalue weighted by Gasteiger charge is -2.06. The van der Waals surface area contributed by atoms with Gasteiger partial charge in [-0.15, -0.1) is 5.10 Å². The Bertz CT molecular complexity index is 554. The quantitative estimate of drug-likeness (QED) is 0.793. The Labute approximate surface area is 109 Å². The lowest BCUT2D eigenvalue weighted by molar-refractivity contribution is 0.0532. The first-order chi connectivity index (χ1) is 8.77. The van der Waals surface area contributed by atoms with Crippen LogP contribution in [0, 0.1) is 0 Å². The zero-order valence-electron chi connectivity index (χ0n) is 10.0. The fraction of sp³-hybridized carbons (Fsp3) is 0.250. The molecule has 94 valence electrons. The van der Waals surface area contributed by atoms with E-state index in [1.807, 2.05) is 24.3 Å². The molecule has 0 saturated heterocycles. The minimum Gasteiger partial charge on any atom is -0.496 e. The van der Waals surface area contributed by atoms with Crippen LogP contribution in [0.3, 0.4) is 0 Å². The molecule has 2 aromatic rings. The van der Waals surface area contributed by atoms with Crippen LogP contribution in [-0.4, -0.2) is 29.3 Å². The number of benzene rings is 1. The lowest BCUT2D eigenvalue weighted by Crippen LogP contribution is -2.04. The average Bonchev–Trinajstić information content (AvgIpc) is 2.88. The number of rotatable bonds is 4. The van der Waals surface area contributed by atoms with Gasteiger partial charge in [0, 0.05) is 5.56 Å². The van der Waals surface area contributed by atoms with Crippen LogP contribution in [0.5, 0.6) is 5.75 Å². The van der Waals surface area contributed by atoms with E-state index in [9.17, 15) is 4.79 Å². The monoisotopic (exact) mass is 264 g/mol. The van der Waals surface area contributed by atoms with Gasteiger partial charge in [0.25, 0.3) is 0 Å². The third-order valence-electron chi connectivity index (χ3n) is 2.31. The minimum absolute atomic E-state index is 0.322. The SMILES string of the molecule is CCOC(=O)c1snnc1-c1ccccc1OC. The molecule has 0 spiro atoms. The van der Waals surface area contributed by atoms with Gasteiger partial charge in [0.15, 0.2) is 4.88 Å². The number of esters is 1. The Morgan fingerprint density at radius 3 is 2.89 bits per heavy atom. The Morgan fingerprint density at radius 2 is 2.17 bits per heavy atom. The minimum atomic E-state index is -0.409. The molecule has 5 nitrogen and oxygen atoms in total. The first kappa shape index (κ1) is 12.5. The molecular weight excluding hydrogens is 252 g/mol. The summed E-state index contributed by atoms with van der Waals surface area (Å²) in [6.07, 6.45) is 0. The Hall–Kier alpha value is -1.95. The van der Waals surface area contributed by atoms with Crippen molar-refractivity contribution in [3.05, 3.63) is 29.1 Å². The van der Waals surface area contributed by atoms with Crippen molar-refractivity contribution in [1.82, 2.24) is 9.59 Å². The summed E-state index contributed by atoms with van der Waals surface area (Å²) >= 11 is 1.02. The number of methoxy groups -OCH3 is 1. The number of carbonyl (C=O) groups excluding carboxylic acids is 1. The maximum atomic E-state index is 11.8. The maximum absolute atomic E-state index is 11.8. The van der Waals surface area contributed by atoms with Gasteiger partial charge in [0.1, 0.15) is 11.4 Å². The zero-order chi connectivity index (χ0) is 13.0. The number of para-hydroxylation sites is 1. The zero-order valence-corrected chi connectivity index (χ0v) is 10.9. The van der Waals surface area contributed by atoms with E-state index in [1.165, 1.54) is 0 Å². The second kappa shape index (κ2) is 5.59. The van der Waals surface area contributed by atoms with E-state index < -0.39 is 5.97 Å². The number of hydrogen-bond donors (Lipinski definition) is 0. The van der Waals surface area contributed by atoms with Gasteiger partial charge in [-0.05, 0) is 30.6 Å². The Kier molecular flexibility index (Phi) is 3.88. The number of aromatic nitrogens is 2. The smallest absolute Gasteiger partial charge is 0.352 e. The maximum Gasteiger partial charge on any atom is 0.352 e. The van der Waals surface area contributed by atoms with E-state index in [2.05, 4.69) is 9.59 Å². The molecule has 0 bridgehead atoms. The number of ether oxygens (including phenoxy) is 2. The van der Waals surface area contributed by atoms with Gasteiger partial charge in [-0.1, -0.05) is 16.6 Å². The third-order valence-corrected chi connectivity index (χ3v) is 3.02. The lowest BCUT2D eigenvalue weighted by atomic mass is 10.1. The van der Waals surface area contributed by atoms with Gasteiger partial charge in [-0.2, -0.15) is 0 Å². The van der Waals surface area contributed by atoms with E-state index in [4.69, 9.17) is 9.47 Å². The first-order valence-electron chi connectivity index (χ1n) is 5.40. The highest BCUT2D eigenvalue weighted by atomic mass is 32.1. The fourth-order valence-corrected chi connectivity index (χ4v) is 2.11. The van der Waals surface area contributed by atoms with Crippen molar-refractivity contribution in [1.29, 1.82) is 0 Å². The van der Waals surface area contributed by atoms with Gasteiger partial charge in [-0.3, -0.25) is 0 Å². The molecule has 0 aliphatic rings. The van der Waals surface area contributed by atoms with Crippen LogP contribution in [0.15, 0.2) is 24.3 Å². The predicted molar refractivity (Wildman–Crippen MR) is 67.9 cm³/mol. The molecule has 1 heterocycles. The van der Waals surface area contributed by atoms with Crippen molar-refractivity contribution in [3.63, 3.8) is 0 Å². The number of nitrogens with zero attached hydrogens (tertiary/aromatic N) is 2. The molecule has 0 amide bonds. The molecule has 1 aromatic carbocycles. The summed E-state index contributed by atoms with van der Waals surface area (Å²) < 4.78 is 14.0. The topological polar surface area (TPSA) is 61.3 Å². The van der Waals surface area contributed by atoms with Crippen molar-refractivity contribution in [3.8, 4) is 17.0 Å². The number of hydrogen-bond acceptors (Lipinski definition) is 6. The molecule has 0 radical (unpaired) electrons. The molecule has 0 atom stereocenters. The molecule has 2 rings (SSSR count). The molecule has 0 fully saturated rings. The largest absolute Gasteiger partial charge is 0.496 e.